The molecule has 1 saturated carbocycles. The van der Waals surface area contributed by atoms with Gasteiger partial charge in [0.1, 0.15) is 0 Å². The molecule has 2 amide bonds. The second-order valence-electron chi connectivity index (χ2n) is 9.08. The Balaban J connectivity index is 2.63. The minimum absolute atomic E-state index is 0.0577. The summed E-state index contributed by atoms with van der Waals surface area (Å²) in [5, 5.41) is 3.10. The summed E-state index contributed by atoms with van der Waals surface area (Å²) in [5.41, 5.74) is 0.0473. The van der Waals surface area contributed by atoms with Crippen molar-refractivity contribution in [3.05, 3.63) is 12.2 Å². The molecule has 2 bridgehead atoms. The molecule has 2 aliphatic rings. The Hall–Kier alpha value is -1.32. The number of hydrogen-bond donors (Lipinski definition) is 1. The van der Waals surface area contributed by atoms with Gasteiger partial charge in [-0.1, -0.05) is 39.8 Å². The van der Waals surface area contributed by atoms with Gasteiger partial charge < -0.3 is 10.2 Å². The Labute approximate surface area is 178 Å². The highest BCUT2D eigenvalue weighted by atomic mass is 16.2. The zero-order valence-electron chi connectivity index (χ0n) is 19.9. The molecule has 4 unspecified atom stereocenters. The fourth-order valence-electron chi connectivity index (χ4n) is 7.69. The molecule has 4 nitrogen and oxygen atoms in total. The van der Waals surface area contributed by atoms with Crippen molar-refractivity contribution in [3.63, 3.8) is 0 Å². The van der Waals surface area contributed by atoms with Crippen LogP contribution in [0.15, 0.2) is 12.2 Å². The third-order valence-electron chi connectivity index (χ3n) is 8.94. The highest BCUT2D eigenvalue weighted by Gasteiger charge is 2.72. The summed E-state index contributed by atoms with van der Waals surface area (Å²) < 4.78 is 0. The molecule has 0 radical (unpaired) electrons. The number of carbonyl (C=O) groups is 2. The smallest absolute Gasteiger partial charge is 0.224 e. The predicted octanol–water partition coefficient (Wildman–Crippen LogP) is 5.19. The molecule has 0 heterocycles. The van der Waals surface area contributed by atoms with Gasteiger partial charge in [-0.2, -0.15) is 0 Å². The van der Waals surface area contributed by atoms with Crippen LogP contribution in [0.4, 0.5) is 0 Å². The predicted molar refractivity (Wildman–Crippen MR) is 120 cm³/mol. The first-order chi connectivity index (χ1) is 13.8. The van der Waals surface area contributed by atoms with Crippen molar-refractivity contribution in [2.24, 2.45) is 28.1 Å². The van der Waals surface area contributed by atoms with E-state index in [4.69, 9.17) is 0 Å². The van der Waals surface area contributed by atoms with Gasteiger partial charge >= 0.3 is 0 Å². The molecule has 0 saturated heterocycles. The van der Waals surface area contributed by atoms with Gasteiger partial charge in [-0.15, -0.1) is 0 Å². The number of allylic oxidation sites excluding steroid dienone is 2. The van der Waals surface area contributed by atoms with E-state index in [9.17, 15) is 9.59 Å². The maximum absolute atomic E-state index is 13.5. The first kappa shape index (κ1) is 24.0. The number of nitrogens with one attached hydrogen (secondary N) is 1. The highest BCUT2D eigenvalue weighted by Crippen LogP contribution is 2.77. The summed E-state index contributed by atoms with van der Waals surface area (Å²) in [4.78, 5) is 28.6. The molecular formula is C25H44N2O2. The van der Waals surface area contributed by atoms with Crippen molar-refractivity contribution in [1.82, 2.24) is 10.2 Å². The molecule has 1 N–H and O–H groups in total. The Morgan fingerprint density at radius 1 is 1.00 bits per heavy atom. The van der Waals surface area contributed by atoms with E-state index in [2.05, 4.69) is 45.2 Å². The zero-order chi connectivity index (χ0) is 21.9. The lowest BCUT2D eigenvalue weighted by molar-refractivity contribution is -0.150. The first-order valence-electron chi connectivity index (χ1n) is 12.1. The van der Waals surface area contributed by atoms with Gasteiger partial charge in [0.15, 0.2) is 0 Å². The van der Waals surface area contributed by atoms with Crippen LogP contribution in [0.25, 0.3) is 0 Å². The fraction of sp³-hybridized carbons (Fsp3) is 0.840. The van der Waals surface area contributed by atoms with E-state index in [-0.39, 0.29) is 34.0 Å². The lowest BCUT2D eigenvalue weighted by Gasteiger charge is -2.58. The van der Waals surface area contributed by atoms with E-state index in [0.29, 0.717) is 32.0 Å². The van der Waals surface area contributed by atoms with Gasteiger partial charge in [0, 0.05) is 26.1 Å². The van der Waals surface area contributed by atoms with E-state index < -0.39 is 0 Å². The Morgan fingerprint density at radius 3 is 2.07 bits per heavy atom. The number of rotatable bonds is 11. The lowest BCUT2D eigenvalue weighted by Crippen LogP contribution is -2.57. The minimum Gasteiger partial charge on any atom is -0.356 e. The summed E-state index contributed by atoms with van der Waals surface area (Å²) in [6.07, 6.45) is 10.5. The van der Waals surface area contributed by atoms with Crippen LogP contribution in [0.2, 0.25) is 0 Å². The molecule has 0 spiro atoms. The molecular weight excluding hydrogens is 360 g/mol. The quantitative estimate of drug-likeness (QED) is 0.482. The normalized spacial score (nSPS) is 30.4. The van der Waals surface area contributed by atoms with Crippen molar-refractivity contribution in [1.29, 1.82) is 0 Å². The van der Waals surface area contributed by atoms with Gasteiger partial charge in [0.25, 0.3) is 0 Å². The van der Waals surface area contributed by atoms with Crippen LogP contribution in [0.3, 0.4) is 0 Å². The average molecular weight is 405 g/mol. The molecule has 2 rings (SSSR count). The van der Waals surface area contributed by atoms with Gasteiger partial charge in [-0.25, -0.2) is 0 Å². The van der Waals surface area contributed by atoms with Crippen LogP contribution < -0.4 is 5.32 Å². The van der Waals surface area contributed by atoms with Crippen LogP contribution in [0.1, 0.15) is 87.0 Å². The van der Waals surface area contributed by atoms with Crippen molar-refractivity contribution >= 4 is 11.8 Å². The number of amides is 2. The number of fused-ring (bicyclic) bond motifs is 2. The molecule has 166 valence electrons. The van der Waals surface area contributed by atoms with Gasteiger partial charge in [0.05, 0.1) is 5.92 Å². The monoisotopic (exact) mass is 404 g/mol. The number of nitrogens with zero attached hydrogens (tertiary/aromatic N) is 1. The van der Waals surface area contributed by atoms with Gasteiger partial charge in [-0.3, -0.25) is 9.59 Å². The van der Waals surface area contributed by atoms with Gasteiger partial charge in [0.2, 0.25) is 11.8 Å². The maximum Gasteiger partial charge on any atom is 0.224 e. The average Bonchev–Trinajstić information content (AvgIpc) is 3.27. The standard InChI is InChI=1S/C25H44N2O2/c1-8-23-16-15-19(18-23)25(11-4,24(23,9-2)10-3)20(22(29)26-12-5)17-21(28)27(13-6)14-7/h15-16,19-20H,8-14,17-18H2,1-7H3,(H,26,29). The van der Waals surface area contributed by atoms with Crippen LogP contribution in [0, 0.1) is 28.1 Å². The van der Waals surface area contributed by atoms with Crippen molar-refractivity contribution in [3.8, 4) is 0 Å². The fourth-order valence-corrected chi connectivity index (χ4v) is 7.69. The second-order valence-corrected chi connectivity index (χ2v) is 9.08. The van der Waals surface area contributed by atoms with E-state index in [1.54, 1.807) is 0 Å². The third-order valence-corrected chi connectivity index (χ3v) is 8.94. The number of hydrogen-bond acceptors (Lipinski definition) is 2. The molecule has 0 aromatic carbocycles. The Bertz CT molecular complexity index is 620. The molecule has 0 aliphatic heterocycles. The molecule has 2 aliphatic carbocycles. The maximum atomic E-state index is 13.5. The van der Waals surface area contributed by atoms with Crippen LogP contribution >= 0.6 is 0 Å². The van der Waals surface area contributed by atoms with Crippen LogP contribution in [0.5, 0.6) is 0 Å². The van der Waals surface area contributed by atoms with E-state index in [0.717, 1.165) is 32.1 Å². The summed E-state index contributed by atoms with van der Waals surface area (Å²) >= 11 is 0. The second kappa shape index (κ2) is 9.22. The summed E-state index contributed by atoms with van der Waals surface area (Å²) in [6.45, 7) is 17.2. The Kier molecular flexibility index (Phi) is 7.62. The molecule has 4 heteroatoms. The van der Waals surface area contributed by atoms with E-state index in [1.165, 1.54) is 0 Å². The topological polar surface area (TPSA) is 49.4 Å². The summed E-state index contributed by atoms with van der Waals surface area (Å²) in [6, 6.07) is 0. The number of carbonyl (C=O) groups excluding carboxylic acids is 2. The summed E-state index contributed by atoms with van der Waals surface area (Å²) in [5.74, 6) is 0.305. The van der Waals surface area contributed by atoms with Crippen LogP contribution in [-0.4, -0.2) is 36.3 Å². The van der Waals surface area contributed by atoms with Crippen LogP contribution in [-0.2, 0) is 9.59 Å². The van der Waals surface area contributed by atoms with E-state index in [1.807, 2.05) is 25.7 Å². The minimum atomic E-state index is -0.274. The van der Waals surface area contributed by atoms with Gasteiger partial charge in [-0.05, 0) is 75.0 Å². The zero-order valence-corrected chi connectivity index (χ0v) is 19.9. The van der Waals surface area contributed by atoms with Crippen molar-refractivity contribution in [2.75, 3.05) is 19.6 Å². The molecule has 0 aromatic heterocycles. The third kappa shape index (κ3) is 3.25. The largest absolute Gasteiger partial charge is 0.356 e. The van der Waals surface area contributed by atoms with Crippen molar-refractivity contribution < 1.29 is 9.59 Å². The van der Waals surface area contributed by atoms with Crippen molar-refractivity contribution in [2.45, 2.75) is 87.0 Å². The SMILES string of the molecule is CCNC(=O)C(CC(=O)N(CC)CC)C1(CC)C2C=CC(CC)(C2)C1(CC)CC. The molecule has 0 aromatic rings. The Morgan fingerprint density at radius 2 is 1.62 bits per heavy atom. The van der Waals surface area contributed by atoms with E-state index >= 15 is 0 Å². The molecule has 29 heavy (non-hydrogen) atoms. The summed E-state index contributed by atoms with van der Waals surface area (Å²) in [7, 11) is 0. The first-order valence-corrected chi connectivity index (χ1v) is 12.1. The highest BCUT2D eigenvalue weighted by molar-refractivity contribution is 5.87. The molecule has 4 atom stereocenters. The lowest BCUT2D eigenvalue weighted by atomic mass is 9.45. The molecule has 1 fully saturated rings.